The van der Waals surface area contributed by atoms with Crippen LogP contribution in [0.25, 0.3) is 5.57 Å². The normalized spacial score (nSPS) is 19.8. The molecular formula is C22H22N2O2. The van der Waals surface area contributed by atoms with Gasteiger partial charge < -0.3 is 9.80 Å². The van der Waals surface area contributed by atoms with Gasteiger partial charge in [0, 0.05) is 19.2 Å². The van der Waals surface area contributed by atoms with Gasteiger partial charge in [-0.05, 0) is 35.6 Å². The van der Waals surface area contributed by atoms with Gasteiger partial charge in [-0.1, -0.05) is 54.6 Å². The Morgan fingerprint density at radius 2 is 1.81 bits per heavy atom. The fourth-order valence-corrected chi connectivity index (χ4v) is 3.90. The molecule has 26 heavy (non-hydrogen) atoms. The van der Waals surface area contributed by atoms with Crippen molar-refractivity contribution in [3.05, 3.63) is 77.4 Å². The van der Waals surface area contributed by atoms with E-state index in [2.05, 4.69) is 12.1 Å². The van der Waals surface area contributed by atoms with E-state index in [1.54, 1.807) is 11.0 Å². The van der Waals surface area contributed by atoms with Crippen LogP contribution in [-0.2, 0) is 16.0 Å². The topological polar surface area (TPSA) is 40.6 Å². The zero-order valence-electron chi connectivity index (χ0n) is 14.9. The molecular weight excluding hydrogens is 324 g/mol. The van der Waals surface area contributed by atoms with Gasteiger partial charge in [0.25, 0.3) is 0 Å². The highest BCUT2D eigenvalue weighted by atomic mass is 16.2. The number of allylic oxidation sites excluding steroid dienone is 1. The van der Waals surface area contributed by atoms with Gasteiger partial charge in [-0.3, -0.25) is 9.59 Å². The lowest BCUT2D eigenvalue weighted by Gasteiger charge is -2.44. The summed E-state index contributed by atoms with van der Waals surface area (Å²) < 4.78 is 0. The molecule has 4 heteroatoms. The minimum absolute atomic E-state index is 0.0319. The molecule has 2 aromatic rings. The third kappa shape index (κ3) is 3.03. The van der Waals surface area contributed by atoms with Crippen LogP contribution in [0.15, 0.2) is 60.7 Å². The molecule has 1 saturated heterocycles. The molecule has 4 rings (SSSR count). The standard InChI is InChI=1S/C22H22N2O2/c1-16(17-7-3-2-4-8-17)13-21(25)23-14-20-19-10-6-5-9-18(19)11-12-24(20)22(26)15-23/h2-10,13,20H,11-12,14-15H2,1H3/b16-13+. The Balaban J connectivity index is 1.58. The van der Waals surface area contributed by atoms with Gasteiger partial charge in [0.05, 0.1) is 6.04 Å². The first-order chi connectivity index (χ1) is 12.6. The number of nitrogens with zero attached hydrogens (tertiary/aromatic N) is 2. The molecule has 0 saturated carbocycles. The highest BCUT2D eigenvalue weighted by Gasteiger charge is 2.37. The van der Waals surface area contributed by atoms with Crippen molar-refractivity contribution in [2.24, 2.45) is 0 Å². The van der Waals surface area contributed by atoms with Gasteiger partial charge in [-0.25, -0.2) is 0 Å². The first-order valence-corrected chi connectivity index (χ1v) is 9.03. The predicted octanol–water partition coefficient (Wildman–Crippen LogP) is 3.06. The molecule has 0 aliphatic carbocycles. The second-order valence-corrected chi connectivity index (χ2v) is 6.96. The van der Waals surface area contributed by atoms with Crippen LogP contribution in [0.2, 0.25) is 0 Å². The Hall–Kier alpha value is -2.88. The summed E-state index contributed by atoms with van der Waals surface area (Å²) >= 11 is 0. The molecule has 0 N–H and O–H groups in total. The van der Waals surface area contributed by atoms with Crippen LogP contribution < -0.4 is 0 Å². The largest absolute Gasteiger partial charge is 0.332 e. The number of carbonyl (C=O) groups is 2. The van der Waals surface area contributed by atoms with Crippen molar-refractivity contribution in [2.45, 2.75) is 19.4 Å². The monoisotopic (exact) mass is 346 g/mol. The van der Waals surface area contributed by atoms with E-state index in [4.69, 9.17) is 0 Å². The predicted molar refractivity (Wildman–Crippen MR) is 101 cm³/mol. The minimum atomic E-state index is -0.0950. The third-order valence-electron chi connectivity index (χ3n) is 5.33. The van der Waals surface area contributed by atoms with Crippen LogP contribution in [0.1, 0.15) is 29.7 Å². The summed E-state index contributed by atoms with van der Waals surface area (Å²) in [5, 5.41) is 0. The van der Waals surface area contributed by atoms with Gasteiger partial charge in [0.1, 0.15) is 6.54 Å². The second-order valence-electron chi connectivity index (χ2n) is 6.96. The Labute approximate surface area is 153 Å². The van der Waals surface area contributed by atoms with Crippen molar-refractivity contribution >= 4 is 17.4 Å². The van der Waals surface area contributed by atoms with Crippen LogP contribution in [0, 0.1) is 0 Å². The number of hydrogen-bond acceptors (Lipinski definition) is 2. The van der Waals surface area contributed by atoms with Crippen molar-refractivity contribution in [1.82, 2.24) is 9.80 Å². The maximum Gasteiger partial charge on any atom is 0.247 e. The average molecular weight is 346 g/mol. The second kappa shape index (κ2) is 6.79. The summed E-state index contributed by atoms with van der Waals surface area (Å²) in [6.07, 6.45) is 2.53. The highest BCUT2D eigenvalue weighted by Crippen LogP contribution is 2.33. The fraction of sp³-hybridized carbons (Fsp3) is 0.273. The molecule has 2 aliphatic heterocycles. The van der Waals surface area contributed by atoms with E-state index in [-0.39, 0.29) is 24.4 Å². The summed E-state index contributed by atoms with van der Waals surface area (Å²) in [5.41, 5.74) is 4.39. The molecule has 2 aromatic carbocycles. The van der Waals surface area contributed by atoms with Crippen LogP contribution >= 0.6 is 0 Å². The Bertz CT molecular complexity index is 873. The van der Waals surface area contributed by atoms with Gasteiger partial charge in [0.15, 0.2) is 0 Å². The SMILES string of the molecule is C/C(=C\C(=O)N1CC(=O)N2CCc3ccccc3C2C1)c1ccccc1. The number of carbonyl (C=O) groups excluding carboxylic acids is 2. The van der Waals surface area contributed by atoms with Gasteiger partial charge in [-0.15, -0.1) is 0 Å². The van der Waals surface area contributed by atoms with Crippen LogP contribution in [-0.4, -0.2) is 41.2 Å². The lowest BCUT2D eigenvalue weighted by Crippen LogP contribution is -2.55. The summed E-state index contributed by atoms with van der Waals surface area (Å²) in [7, 11) is 0. The number of benzene rings is 2. The van der Waals surface area contributed by atoms with Crippen molar-refractivity contribution in [3.63, 3.8) is 0 Å². The molecule has 1 fully saturated rings. The molecule has 2 heterocycles. The molecule has 1 unspecified atom stereocenters. The van der Waals surface area contributed by atoms with Crippen LogP contribution in [0.4, 0.5) is 0 Å². The van der Waals surface area contributed by atoms with E-state index in [0.29, 0.717) is 6.54 Å². The van der Waals surface area contributed by atoms with E-state index in [1.165, 1.54) is 11.1 Å². The summed E-state index contributed by atoms with van der Waals surface area (Å²) in [6, 6.07) is 18.1. The van der Waals surface area contributed by atoms with Gasteiger partial charge in [-0.2, -0.15) is 0 Å². The molecule has 4 nitrogen and oxygen atoms in total. The number of rotatable bonds is 2. The smallest absolute Gasteiger partial charge is 0.247 e. The maximum absolute atomic E-state index is 12.8. The average Bonchev–Trinajstić information content (AvgIpc) is 2.68. The number of hydrogen-bond donors (Lipinski definition) is 0. The number of piperazine rings is 1. The summed E-state index contributed by atoms with van der Waals surface area (Å²) in [4.78, 5) is 29.0. The van der Waals surface area contributed by atoms with Crippen molar-refractivity contribution in [3.8, 4) is 0 Å². The van der Waals surface area contributed by atoms with E-state index in [0.717, 1.165) is 24.1 Å². The van der Waals surface area contributed by atoms with Crippen LogP contribution in [0.3, 0.4) is 0 Å². The molecule has 2 aliphatic rings. The Morgan fingerprint density at radius 3 is 2.62 bits per heavy atom. The van der Waals surface area contributed by atoms with Gasteiger partial charge >= 0.3 is 0 Å². The van der Waals surface area contributed by atoms with Crippen molar-refractivity contribution < 1.29 is 9.59 Å². The summed E-state index contributed by atoms with van der Waals surface area (Å²) in [6.45, 7) is 3.39. The van der Waals surface area contributed by atoms with Crippen LogP contribution in [0.5, 0.6) is 0 Å². The Kier molecular flexibility index (Phi) is 4.33. The molecule has 1 atom stereocenters. The molecule has 0 radical (unpaired) electrons. The van der Waals surface area contributed by atoms with E-state index in [1.807, 2.05) is 54.3 Å². The molecule has 0 bridgehead atoms. The van der Waals surface area contributed by atoms with E-state index >= 15 is 0 Å². The van der Waals surface area contributed by atoms with Gasteiger partial charge in [0.2, 0.25) is 11.8 Å². The molecule has 0 spiro atoms. The molecule has 2 amide bonds. The first kappa shape index (κ1) is 16.6. The number of amides is 2. The number of fused-ring (bicyclic) bond motifs is 3. The minimum Gasteiger partial charge on any atom is -0.332 e. The highest BCUT2D eigenvalue weighted by molar-refractivity contribution is 5.97. The summed E-state index contributed by atoms with van der Waals surface area (Å²) in [5.74, 6) is -0.0581. The zero-order chi connectivity index (χ0) is 18.1. The Morgan fingerprint density at radius 1 is 1.08 bits per heavy atom. The third-order valence-corrected chi connectivity index (χ3v) is 5.33. The maximum atomic E-state index is 12.8. The molecule has 0 aromatic heterocycles. The lowest BCUT2D eigenvalue weighted by atomic mass is 9.90. The quantitative estimate of drug-likeness (QED) is 0.784. The zero-order valence-corrected chi connectivity index (χ0v) is 14.9. The fourth-order valence-electron chi connectivity index (χ4n) is 3.90. The first-order valence-electron chi connectivity index (χ1n) is 9.03. The van der Waals surface area contributed by atoms with E-state index < -0.39 is 0 Å². The van der Waals surface area contributed by atoms with E-state index in [9.17, 15) is 9.59 Å². The van der Waals surface area contributed by atoms with Crippen molar-refractivity contribution in [1.29, 1.82) is 0 Å². The molecule has 132 valence electrons. The van der Waals surface area contributed by atoms with Crippen molar-refractivity contribution in [2.75, 3.05) is 19.6 Å². The lowest BCUT2D eigenvalue weighted by molar-refractivity contribution is -0.147.